The van der Waals surface area contributed by atoms with Gasteiger partial charge in [0.2, 0.25) is 0 Å². The molecule has 174 valence electrons. The van der Waals surface area contributed by atoms with E-state index in [1.807, 2.05) is 24.3 Å². The van der Waals surface area contributed by atoms with Crippen molar-refractivity contribution in [1.82, 2.24) is 0 Å². The average Bonchev–Trinajstić information content (AvgIpc) is 2.93. The number of halogens is 1. The standard InChI is InChI=1S/C26H33IO5/c1-14-17-9-10-18-26(22(14)29)21(13-19-25(2,3)20(28)11-12-27(18)19)31-24(32-23(17)26)15-5-7-16(30-4)8-6-15/h5-8,17-19,21-24,29H,1,9-13H2,2-4H3/t17-,18+,19+,21?,22+,23+,24?,26?/m0/s1. The van der Waals surface area contributed by atoms with E-state index in [0.717, 1.165) is 40.6 Å². The van der Waals surface area contributed by atoms with Crippen LogP contribution in [0.2, 0.25) is 0 Å². The molecule has 3 heterocycles. The molecule has 1 aromatic rings. The van der Waals surface area contributed by atoms with Crippen LogP contribution < -0.4 is 4.74 Å². The molecule has 0 amide bonds. The molecule has 3 aliphatic heterocycles. The third kappa shape index (κ3) is 2.64. The van der Waals surface area contributed by atoms with Crippen molar-refractivity contribution < 1.29 is 24.1 Å². The third-order valence-corrected chi connectivity index (χ3v) is 18.5. The number of benzene rings is 1. The molecule has 5 nitrogen and oxygen atoms in total. The molecule has 0 aromatic heterocycles. The Bertz CT molecular complexity index is 957. The van der Waals surface area contributed by atoms with Gasteiger partial charge in [-0.1, -0.05) is 0 Å². The molecule has 1 aromatic carbocycles. The zero-order valence-corrected chi connectivity index (χ0v) is 21.2. The molecule has 1 spiro atoms. The first-order chi connectivity index (χ1) is 15.3. The molecule has 3 unspecified atom stereocenters. The van der Waals surface area contributed by atoms with Crippen LogP contribution in [0.5, 0.6) is 5.75 Å². The first-order valence-corrected chi connectivity index (χ1v) is 15.8. The van der Waals surface area contributed by atoms with Gasteiger partial charge in [-0.15, -0.1) is 0 Å². The van der Waals surface area contributed by atoms with Crippen LogP contribution in [0.1, 0.15) is 51.4 Å². The molecule has 0 radical (unpaired) electrons. The van der Waals surface area contributed by atoms with Gasteiger partial charge in [-0.3, -0.25) is 0 Å². The van der Waals surface area contributed by atoms with E-state index < -0.39 is 32.2 Å². The number of ketones is 1. The normalized spacial score (nSPS) is 45.2. The third-order valence-electron chi connectivity index (χ3n) is 9.08. The number of rotatable bonds is 2. The molecule has 5 fully saturated rings. The number of alkyl halides is 3. The van der Waals surface area contributed by atoms with E-state index in [1.165, 1.54) is 0 Å². The predicted molar refractivity (Wildman–Crippen MR) is 130 cm³/mol. The summed E-state index contributed by atoms with van der Waals surface area (Å²) in [6.07, 6.45) is 2.55. The SMILES string of the molecule is C=C1[C@@H](O)C23C4C[C@H]5I(CCC(=O)C5(C)C)[C@@H]2CC[C@@H]1[C@H]3OC(c1ccc(OC)cc1)O4. The molecule has 8 atom stereocenters. The van der Waals surface area contributed by atoms with Gasteiger partial charge in [-0.25, -0.2) is 0 Å². The Balaban J connectivity index is 1.43. The summed E-state index contributed by atoms with van der Waals surface area (Å²) >= 11 is -1.54. The number of hydrogen-bond donors (Lipinski definition) is 1. The minimum absolute atomic E-state index is 0.0476. The molecule has 5 aliphatic rings. The summed E-state index contributed by atoms with van der Waals surface area (Å²) in [5.41, 5.74) is 1.26. The number of fused-ring (bicyclic) bond motifs is 2. The number of Topliss-reactive ketones (excluding diaryl/α,β-unsaturated/α-hetero) is 1. The molecule has 3 saturated heterocycles. The van der Waals surface area contributed by atoms with Gasteiger partial charge in [-0.05, 0) is 0 Å². The van der Waals surface area contributed by atoms with Crippen LogP contribution in [0.3, 0.4) is 0 Å². The molecule has 6 rings (SSSR count). The van der Waals surface area contributed by atoms with Crippen LogP contribution in [0.4, 0.5) is 0 Å². The maximum atomic E-state index is 12.9. The summed E-state index contributed by atoms with van der Waals surface area (Å²) in [5.74, 6) is 1.41. The summed E-state index contributed by atoms with van der Waals surface area (Å²) in [7, 11) is 1.66. The van der Waals surface area contributed by atoms with E-state index in [0.29, 0.717) is 20.1 Å². The average molecular weight is 552 g/mol. The van der Waals surface area contributed by atoms with Crippen LogP contribution >= 0.6 is 19.8 Å². The number of methoxy groups -OCH3 is 1. The molecule has 2 saturated carbocycles. The molecule has 32 heavy (non-hydrogen) atoms. The molecule has 1 N–H and O–H groups in total. The molecular weight excluding hydrogens is 519 g/mol. The van der Waals surface area contributed by atoms with Crippen LogP contribution in [-0.2, 0) is 14.3 Å². The number of carbonyl (C=O) groups excluding carboxylic acids is 1. The van der Waals surface area contributed by atoms with Gasteiger partial charge in [-0.2, -0.15) is 0 Å². The summed E-state index contributed by atoms with van der Waals surface area (Å²) in [5, 5.41) is 11.6. The summed E-state index contributed by atoms with van der Waals surface area (Å²) in [6.45, 7) is 8.67. The van der Waals surface area contributed by atoms with Gasteiger partial charge in [0.1, 0.15) is 0 Å². The monoisotopic (exact) mass is 552 g/mol. The Hall–Kier alpha value is -0.960. The summed E-state index contributed by atoms with van der Waals surface area (Å²) in [4.78, 5) is 12.9. The van der Waals surface area contributed by atoms with E-state index in [-0.39, 0.29) is 29.0 Å². The van der Waals surface area contributed by atoms with Gasteiger partial charge < -0.3 is 0 Å². The second kappa shape index (κ2) is 7.27. The summed E-state index contributed by atoms with van der Waals surface area (Å²) < 4.78 is 20.8. The molecule has 2 bridgehead atoms. The van der Waals surface area contributed by atoms with Crippen molar-refractivity contribution >= 4 is 25.6 Å². The van der Waals surface area contributed by atoms with Crippen molar-refractivity contribution in [1.29, 1.82) is 0 Å². The maximum absolute atomic E-state index is 12.9. The number of aliphatic hydroxyl groups excluding tert-OH is 1. The fourth-order valence-corrected chi connectivity index (χ4v) is 18.1. The zero-order chi connectivity index (χ0) is 22.4. The van der Waals surface area contributed by atoms with E-state index in [2.05, 4.69) is 20.4 Å². The second-order valence-electron chi connectivity index (χ2n) is 10.6. The van der Waals surface area contributed by atoms with Gasteiger partial charge in [0, 0.05) is 0 Å². The van der Waals surface area contributed by atoms with E-state index in [1.54, 1.807) is 7.11 Å². The first kappa shape index (κ1) is 21.6. The van der Waals surface area contributed by atoms with Crippen LogP contribution in [0.25, 0.3) is 0 Å². The van der Waals surface area contributed by atoms with E-state index in [4.69, 9.17) is 14.2 Å². The van der Waals surface area contributed by atoms with Crippen LogP contribution in [0, 0.1) is 16.7 Å². The Morgan fingerprint density at radius 1 is 1.16 bits per heavy atom. The molecule has 2 aliphatic carbocycles. The Morgan fingerprint density at radius 2 is 1.91 bits per heavy atom. The predicted octanol–water partition coefficient (Wildman–Crippen LogP) is 4.45. The van der Waals surface area contributed by atoms with Crippen molar-refractivity contribution in [3.05, 3.63) is 42.0 Å². The Labute approximate surface area is 197 Å². The molecular formula is C26H33IO5. The van der Waals surface area contributed by atoms with Crippen molar-refractivity contribution in [2.75, 3.05) is 11.5 Å². The van der Waals surface area contributed by atoms with E-state index in [9.17, 15) is 9.90 Å². The Kier molecular flexibility index (Phi) is 4.90. The quantitative estimate of drug-likeness (QED) is 0.334. The van der Waals surface area contributed by atoms with Gasteiger partial charge in [0.25, 0.3) is 0 Å². The zero-order valence-electron chi connectivity index (χ0n) is 19.1. The Morgan fingerprint density at radius 3 is 2.62 bits per heavy atom. The summed E-state index contributed by atoms with van der Waals surface area (Å²) in [6, 6.07) is 7.88. The van der Waals surface area contributed by atoms with Gasteiger partial charge in [0.15, 0.2) is 0 Å². The van der Waals surface area contributed by atoms with Crippen molar-refractivity contribution in [3.8, 4) is 5.75 Å². The fourth-order valence-electron chi connectivity index (χ4n) is 7.34. The first-order valence-electron chi connectivity index (χ1n) is 11.8. The van der Waals surface area contributed by atoms with Crippen LogP contribution in [0.15, 0.2) is 36.4 Å². The fraction of sp³-hybridized carbons (Fsp3) is 0.654. The molecule has 6 heteroatoms. The van der Waals surface area contributed by atoms with Crippen LogP contribution in [-0.4, -0.2) is 48.6 Å². The van der Waals surface area contributed by atoms with Crippen molar-refractivity contribution in [3.63, 3.8) is 0 Å². The van der Waals surface area contributed by atoms with E-state index >= 15 is 0 Å². The minimum atomic E-state index is -1.54. The number of hydrogen-bond acceptors (Lipinski definition) is 5. The van der Waals surface area contributed by atoms with Crippen molar-refractivity contribution in [2.24, 2.45) is 16.7 Å². The number of carbonyl (C=O) groups is 1. The number of ether oxygens (including phenoxy) is 3. The topological polar surface area (TPSA) is 65.0 Å². The van der Waals surface area contributed by atoms with Crippen molar-refractivity contribution in [2.45, 2.75) is 72.0 Å². The second-order valence-corrected chi connectivity index (χ2v) is 17.2. The van der Waals surface area contributed by atoms with Gasteiger partial charge >= 0.3 is 198 Å². The van der Waals surface area contributed by atoms with Gasteiger partial charge in [0.05, 0.1) is 0 Å². The number of aliphatic hydroxyl groups is 1.